The third-order valence-electron chi connectivity index (χ3n) is 3.88. The fourth-order valence-electron chi connectivity index (χ4n) is 2.72. The van der Waals surface area contributed by atoms with Crippen molar-refractivity contribution in [3.8, 4) is 6.07 Å². The minimum Gasteiger partial charge on any atom is -0.389 e. The maximum absolute atomic E-state index is 10.2. The molecule has 0 fully saturated rings. The van der Waals surface area contributed by atoms with E-state index in [-0.39, 0.29) is 26.8 Å². The minimum absolute atomic E-state index is 0.0706. The molecule has 0 aromatic heterocycles. The van der Waals surface area contributed by atoms with Gasteiger partial charge in [0.2, 0.25) is 0 Å². The summed E-state index contributed by atoms with van der Waals surface area (Å²) in [4.78, 5) is 19.3. The number of nitrogens with two attached hydrogens (primary N) is 2. The summed E-state index contributed by atoms with van der Waals surface area (Å²) in [6.07, 6.45) is 0.779. The summed E-state index contributed by atoms with van der Waals surface area (Å²) in [5.41, 5.74) is 13.6. The lowest BCUT2D eigenvalue weighted by molar-refractivity contribution is -0.394. The van der Waals surface area contributed by atoms with Crippen molar-refractivity contribution in [2.24, 2.45) is 16.9 Å². The molecule has 2 aromatic carbocycles. The van der Waals surface area contributed by atoms with Crippen LogP contribution >= 0.6 is 24.4 Å². The lowest BCUT2D eigenvalue weighted by atomic mass is 9.84. The average molecular weight is 460 g/mol. The number of hydrogen-bond acceptors (Lipinski definition) is 7. The largest absolute Gasteiger partial charge is 0.389 e. The summed E-state index contributed by atoms with van der Waals surface area (Å²) in [6.45, 7) is 6.36. The fraction of sp³-hybridized carbons (Fsp3) is 0.250. The van der Waals surface area contributed by atoms with Crippen molar-refractivity contribution in [2.45, 2.75) is 27.2 Å². The molecule has 2 rings (SSSR count). The van der Waals surface area contributed by atoms with E-state index in [1.165, 1.54) is 18.2 Å². The summed E-state index contributed by atoms with van der Waals surface area (Å²) >= 11 is 10.1. The Bertz CT molecular complexity index is 1060. The molecular formula is C20H21N5O4S2. The predicted octanol–water partition coefficient (Wildman–Crippen LogP) is 3.92. The van der Waals surface area contributed by atoms with Crippen molar-refractivity contribution in [2.75, 3.05) is 0 Å². The highest BCUT2D eigenvalue weighted by Gasteiger charge is 2.21. The van der Waals surface area contributed by atoms with Crippen LogP contribution in [0.1, 0.15) is 43.0 Å². The van der Waals surface area contributed by atoms with E-state index in [2.05, 4.69) is 26.8 Å². The zero-order valence-corrected chi connectivity index (χ0v) is 18.8. The van der Waals surface area contributed by atoms with Crippen molar-refractivity contribution in [1.29, 1.82) is 5.26 Å². The van der Waals surface area contributed by atoms with E-state index in [9.17, 15) is 20.2 Å². The lowest BCUT2D eigenvalue weighted by Crippen LogP contribution is -2.24. The first-order valence-electron chi connectivity index (χ1n) is 8.83. The van der Waals surface area contributed by atoms with E-state index < -0.39 is 9.85 Å². The predicted molar refractivity (Wildman–Crippen MR) is 126 cm³/mol. The first kappa shape index (κ1) is 25.5. The monoisotopic (exact) mass is 459 g/mol. The zero-order valence-electron chi connectivity index (χ0n) is 17.1. The molecule has 11 heteroatoms. The summed E-state index contributed by atoms with van der Waals surface area (Å²) in [6, 6.07) is 10.3. The number of thiocarbonyl (C=S) groups is 2. The molecule has 0 saturated carbocycles. The Labute approximate surface area is 190 Å². The van der Waals surface area contributed by atoms with Crippen LogP contribution in [-0.4, -0.2) is 19.8 Å². The van der Waals surface area contributed by atoms with E-state index in [0.29, 0.717) is 16.7 Å². The second-order valence-corrected chi connectivity index (χ2v) is 8.51. The topological polar surface area (TPSA) is 162 Å². The van der Waals surface area contributed by atoms with Crippen molar-refractivity contribution in [1.82, 2.24) is 0 Å². The first-order valence-corrected chi connectivity index (χ1v) is 9.64. The van der Waals surface area contributed by atoms with Crippen LogP contribution in [0.25, 0.3) is 0 Å². The molecule has 162 valence electrons. The van der Waals surface area contributed by atoms with Gasteiger partial charge >= 0.3 is 0 Å². The van der Waals surface area contributed by atoms with Crippen LogP contribution < -0.4 is 11.5 Å². The number of non-ortho nitro benzene ring substituents is 2. The number of rotatable bonds is 5. The molecule has 0 amide bonds. The Morgan fingerprint density at radius 1 is 1.00 bits per heavy atom. The summed E-state index contributed by atoms with van der Waals surface area (Å²) < 4.78 is 0. The van der Waals surface area contributed by atoms with E-state index in [4.69, 9.17) is 41.2 Å². The smallest absolute Gasteiger partial charge is 0.276 e. The highest BCUT2D eigenvalue weighted by atomic mass is 32.1. The minimum atomic E-state index is -0.674. The zero-order chi connectivity index (χ0) is 23.9. The number of benzene rings is 2. The van der Waals surface area contributed by atoms with Crippen molar-refractivity contribution in [3.63, 3.8) is 0 Å². The molecule has 4 N–H and O–H groups in total. The normalized spacial score (nSPS) is 10.3. The van der Waals surface area contributed by atoms with Crippen molar-refractivity contribution >= 4 is 45.8 Å². The Kier molecular flexibility index (Phi) is 8.66. The number of nitro benzene ring substituents is 2. The van der Waals surface area contributed by atoms with Crippen LogP contribution in [0.3, 0.4) is 0 Å². The maximum Gasteiger partial charge on any atom is 0.276 e. The molecule has 0 aliphatic heterocycles. The van der Waals surface area contributed by atoms with Gasteiger partial charge in [0.25, 0.3) is 11.4 Å². The molecule has 0 unspecified atom stereocenters. The standard InChI is InChI=1S/C14H17N3S2.C6H4N2O4/c1-14(2,3)6-8-4-5-9(7-15)11(13(17)19)10(8)12(16)18;9-7(10)5-2-1-3-6(4-5)8(11)12/h4-5H,6H2,1-3H3,(H2,16,18)(H2,17,19);1-4H. The van der Waals surface area contributed by atoms with Crippen molar-refractivity contribution in [3.05, 3.63) is 78.9 Å². The molecule has 9 nitrogen and oxygen atoms in total. The molecule has 0 bridgehead atoms. The van der Waals surface area contributed by atoms with Gasteiger partial charge in [0.05, 0.1) is 27.5 Å². The van der Waals surface area contributed by atoms with Gasteiger partial charge in [0.15, 0.2) is 0 Å². The lowest BCUT2D eigenvalue weighted by Gasteiger charge is -2.22. The van der Waals surface area contributed by atoms with Crippen LogP contribution in [0, 0.1) is 37.0 Å². The van der Waals surface area contributed by atoms with E-state index >= 15 is 0 Å². The van der Waals surface area contributed by atoms with Gasteiger partial charge in [0.1, 0.15) is 9.98 Å². The third kappa shape index (κ3) is 7.36. The van der Waals surface area contributed by atoms with Crippen LogP contribution in [0.5, 0.6) is 0 Å². The number of nitro groups is 2. The number of nitriles is 1. The molecule has 0 aliphatic carbocycles. The highest BCUT2D eigenvalue weighted by Crippen LogP contribution is 2.27. The Morgan fingerprint density at radius 2 is 1.48 bits per heavy atom. The van der Waals surface area contributed by atoms with Gasteiger partial charge in [-0.25, -0.2) is 0 Å². The summed E-state index contributed by atoms with van der Waals surface area (Å²) in [5.74, 6) is 0. The Morgan fingerprint density at radius 3 is 1.84 bits per heavy atom. The molecule has 2 aromatic rings. The van der Waals surface area contributed by atoms with E-state index in [0.717, 1.165) is 18.1 Å². The van der Waals surface area contributed by atoms with Gasteiger partial charge in [0, 0.05) is 23.3 Å². The molecule has 0 atom stereocenters. The molecule has 31 heavy (non-hydrogen) atoms. The third-order valence-corrected chi connectivity index (χ3v) is 4.29. The molecule has 0 spiro atoms. The number of nitrogens with zero attached hydrogens (tertiary/aromatic N) is 3. The summed E-state index contributed by atoms with van der Waals surface area (Å²) in [7, 11) is 0. The van der Waals surface area contributed by atoms with Gasteiger partial charge in [-0.05, 0) is 29.5 Å². The highest BCUT2D eigenvalue weighted by molar-refractivity contribution is 7.81. The van der Waals surface area contributed by atoms with Gasteiger partial charge in [-0.15, -0.1) is 0 Å². The maximum atomic E-state index is 10.2. The molecule has 0 heterocycles. The number of hydrogen-bond donors (Lipinski definition) is 2. The van der Waals surface area contributed by atoms with Gasteiger partial charge in [-0.2, -0.15) is 5.26 Å². The van der Waals surface area contributed by atoms with E-state index in [1.54, 1.807) is 6.07 Å². The van der Waals surface area contributed by atoms with Gasteiger partial charge in [-0.3, -0.25) is 20.2 Å². The second-order valence-electron chi connectivity index (χ2n) is 7.63. The molecule has 0 aliphatic rings. The fourth-order valence-corrected chi connectivity index (χ4v) is 3.16. The first-order chi connectivity index (χ1) is 14.3. The molecule has 0 radical (unpaired) electrons. The molecular weight excluding hydrogens is 438 g/mol. The second kappa shape index (κ2) is 10.5. The van der Waals surface area contributed by atoms with Crippen molar-refractivity contribution < 1.29 is 9.85 Å². The SMILES string of the molecule is CC(C)(C)Cc1ccc(C#N)c(C(N)=S)c1C(N)=S.O=[N+]([O-])c1cccc([N+](=O)[O-])c1. The molecule has 0 saturated heterocycles. The van der Waals surface area contributed by atoms with Crippen LogP contribution in [-0.2, 0) is 6.42 Å². The Balaban J connectivity index is 0.000000343. The van der Waals surface area contributed by atoms with Gasteiger partial charge < -0.3 is 11.5 Å². The van der Waals surface area contributed by atoms with Crippen LogP contribution in [0.15, 0.2) is 36.4 Å². The van der Waals surface area contributed by atoms with Crippen LogP contribution in [0.4, 0.5) is 11.4 Å². The van der Waals surface area contributed by atoms with E-state index in [1.807, 2.05) is 6.07 Å². The quantitative estimate of drug-likeness (QED) is 0.383. The summed E-state index contributed by atoms with van der Waals surface area (Å²) in [5, 5.41) is 29.5. The van der Waals surface area contributed by atoms with Gasteiger partial charge in [-0.1, -0.05) is 51.3 Å². The Hall–Kier alpha value is -3.49. The van der Waals surface area contributed by atoms with Crippen LogP contribution in [0.2, 0.25) is 0 Å². The average Bonchev–Trinajstić information content (AvgIpc) is 2.66.